The van der Waals surface area contributed by atoms with Crippen LogP contribution in [0.5, 0.6) is 0 Å². The summed E-state index contributed by atoms with van der Waals surface area (Å²) in [5.41, 5.74) is 6.32. The first-order valence-electron chi connectivity index (χ1n) is 4.50. The van der Waals surface area contributed by atoms with E-state index in [4.69, 9.17) is 18.0 Å². The summed E-state index contributed by atoms with van der Waals surface area (Å²) in [6.45, 7) is 0. The van der Waals surface area contributed by atoms with Gasteiger partial charge in [-0.05, 0) is 12.1 Å². The SMILES string of the molecule is Nc1[nH]n(-c2ccccc2)c(=O)c1C(=S)S. The zero-order chi connectivity index (χ0) is 11.7. The van der Waals surface area contributed by atoms with Gasteiger partial charge in [-0.15, -0.1) is 12.6 Å². The van der Waals surface area contributed by atoms with Crippen molar-refractivity contribution in [3.63, 3.8) is 0 Å². The Hall–Kier alpha value is -1.53. The molecule has 0 atom stereocenters. The van der Waals surface area contributed by atoms with Gasteiger partial charge in [0.05, 0.1) is 9.88 Å². The molecule has 0 fully saturated rings. The molecule has 0 saturated carbocycles. The van der Waals surface area contributed by atoms with Crippen molar-refractivity contribution < 1.29 is 0 Å². The van der Waals surface area contributed by atoms with E-state index in [2.05, 4.69) is 17.7 Å². The first-order chi connectivity index (χ1) is 7.61. The lowest BCUT2D eigenvalue weighted by Crippen LogP contribution is -2.18. The van der Waals surface area contributed by atoms with Crippen molar-refractivity contribution in [1.82, 2.24) is 9.78 Å². The van der Waals surface area contributed by atoms with Crippen molar-refractivity contribution in [1.29, 1.82) is 0 Å². The van der Waals surface area contributed by atoms with Gasteiger partial charge in [-0.2, -0.15) is 0 Å². The van der Waals surface area contributed by atoms with Crippen LogP contribution >= 0.6 is 24.8 Å². The highest BCUT2D eigenvalue weighted by Gasteiger charge is 2.14. The van der Waals surface area contributed by atoms with Crippen LogP contribution in [0.2, 0.25) is 0 Å². The number of nitrogens with one attached hydrogen (secondary N) is 1. The Morgan fingerprint density at radius 1 is 1.38 bits per heavy atom. The second-order valence-electron chi connectivity index (χ2n) is 3.18. The van der Waals surface area contributed by atoms with Crippen LogP contribution in [0, 0.1) is 0 Å². The number of rotatable bonds is 2. The van der Waals surface area contributed by atoms with Crippen molar-refractivity contribution >= 4 is 34.9 Å². The molecule has 0 aliphatic heterocycles. The minimum absolute atomic E-state index is 0.188. The molecule has 82 valence electrons. The fourth-order valence-electron chi connectivity index (χ4n) is 1.42. The fourth-order valence-corrected chi connectivity index (χ4v) is 1.83. The number of aromatic nitrogens is 2. The van der Waals surface area contributed by atoms with E-state index in [1.165, 1.54) is 4.68 Å². The summed E-state index contributed by atoms with van der Waals surface area (Å²) < 4.78 is 1.53. The third kappa shape index (κ3) is 1.77. The van der Waals surface area contributed by atoms with Crippen molar-refractivity contribution in [3.8, 4) is 5.69 Å². The second-order valence-corrected chi connectivity index (χ2v) is 4.34. The van der Waals surface area contributed by atoms with Crippen LogP contribution in [0.4, 0.5) is 5.82 Å². The Morgan fingerprint density at radius 2 is 2.00 bits per heavy atom. The molecule has 1 aromatic heterocycles. The Morgan fingerprint density at radius 3 is 2.50 bits per heavy atom. The molecule has 0 aliphatic carbocycles. The minimum Gasteiger partial charge on any atom is -0.383 e. The Balaban J connectivity index is 2.66. The molecule has 16 heavy (non-hydrogen) atoms. The largest absolute Gasteiger partial charge is 0.383 e. The summed E-state index contributed by atoms with van der Waals surface area (Å²) in [7, 11) is 0. The van der Waals surface area contributed by atoms with Crippen LogP contribution < -0.4 is 11.3 Å². The lowest BCUT2D eigenvalue weighted by atomic mass is 10.3. The van der Waals surface area contributed by atoms with Gasteiger partial charge in [0.25, 0.3) is 5.56 Å². The van der Waals surface area contributed by atoms with E-state index in [1.807, 2.05) is 18.2 Å². The highest BCUT2D eigenvalue weighted by molar-refractivity contribution is 8.11. The van der Waals surface area contributed by atoms with Crippen molar-refractivity contribution in [2.75, 3.05) is 5.73 Å². The number of nitrogens with zero attached hydrogens (tertiary/aromatic N) is 1. The van der Waals surface area contributed by atoms with Crippen LogP contribution in [0.3, 0.4) is 0 Å². The summed E-state index contributed by atoms with van der Waals surface area (Å²) in [6.07, 6.45) is 0. The van der Waals surface area contributed by atoms with Gasteiger partial charge in [-0.3, -0.25) is 9.89 Å². The van der Waals surface area contributed by atoms with E-state index >= 15 is 0 Å². The van der Waals surface area contributed by atoms with Gasteiger partial charge in [-0.25, -0.2) is 4.68 Å². The number of benzene rings is 1. The predicted octanol–water partition coefficient (Wildman–Crippen LogP) is 1.35. The molecular formula is C10H9N3OS2. The fraction of sp³-hybridized carbons (Fsp3) is 0. The maximum absolute atomic E-state index is 11.9. The quantitative estimate of drug-likeness (QED) is 0.558. The molecule has 0 unspecified atom stereocenters. The van der Waals surface area contributed by atoms with Crippen LogP contribution in [-0.2, 0) is 0 Å². The molecule has 0 bridgehead atoms. The van der Waals surface area contributed by atoms with Gasteiger partial charge >= 0.3 is 0 Å². The Kier molecular flexibility index (Phi) is 2.84. The topological polar surface area (TPSA) is 63.8 Å². The number of aromatic amines is 1. The van der Waals surface area contributed by atoms with Gasteiger partial charge in [0.1, 0.15) is 11.4 Å². The number of hydrogen-bond acceptors (Lipinski definition) is 3. The molecule has 0 aliphatic rings. The van der Waals surface area contributed by atoms with E-state index in [1.54, 1.807) is 12.1 Å². The third-order valence-electron chi connectivity index (χ3n) is 2.15. The summed E-state index contributed by atoms with van der Waals surface area (Å²) >= 11 is 8.82. The molecule has 2 rings (SSSR count). The number of hydrogen-bond donors (Lipinski definition) is 3. The summed E-state index contributed by atoms with van der Waals surface area (Å²) in [5, 5.41) is 2.76. The number of nitrogens with two attached hydrogens (primary N) is 1. The molecule has 4 nitrogen and oxygen atoms in total. The zero-order valence-electron chi connectivity index (χ0n) is 8.18. The van der Waals surface area contributed by atoms with E-state index in [9.17, 15) is 4.79 Å². The van der Waals surface area contributed by atoms with Crippen molar-refractivity contribution in [2.24, 2.45) is 0 Å². The third-order valence-corrected chi connectivity index (χ3v) is 2.57. The Labute approximate surface area is 102 Å². The average molecular weight is 251 g/mol. The van der Waals surface area contributed by atoms with E-state index in [0.717, 1.165) is 0 Å². The van der Waals surface area contributed by atoms with Crippen LogP contribution in [-0.4, -0.2) is 14.0 Å². The van der Waals surface area contributed by atoms with Crippen LogP contribution in [0.15, 0.2) is 35.1 Å². The van der Waals surface area contributed by atoms with Gasteiger partial charge in [0.2, 0.25) is 0 Å². The molecule has 3 N–H and O–H groups in total. The zero-order valence-corrected chi connectivity index (χ0v) is 9.89. The molecule has 0 spiro atoms. The molecule has 0 radical (unpaired) electrons. The molecule has 0 saturated heterocycles. The summed E-state index contributed by atoms with van der Waals surface area (Å²) in [6, 6.07) is 9.12. The highest BCUT2D eigenvalue weighted by atomic mass is 32.1. The number of nitrogen functional groups attached to an aromatic ring is 1. The van der Waals surface area contributed by atoms with Gasteiger partial charge in [0, 0.05) is 0 Å². The molecule has 6 heteroatoms. The second kappa shape index (κ2) is 4.15. The molecule has 1 heterocycles. The predicted molar refractivity (Wildman–Crippen MR) is 71.5 cm³/mol. The summed E-state index contributed by atoms with van der Waals surface area (Å²) in [4.78, 5) is 11.9. The maximum Gasteiger partial charge on any atom is 0.282 e. The lowest BCUT2D eigenvalue weighted by molar-refractivity contribution is 0.853. The number of thiocarbonyl (C=S) groups is 1. The minimum atomic E-state index is -0.288. The van der Waals surface area contributed by atoms with Crippen LogP contribution in [0.25, 0.3) is 5.69 Å². The number of anilines is 1. The van der Waals surface area contributed by atoms with Crippen molar-refractivity contribution in [2.45, 2.75) is 0 Å². The van der Waals surface area contributed by atoms with Gasteiger partial charge in [0.15, 0.2) is 0 Å². The molecule has 2 aromatic rings. The lowest BCUT2D eigenvalue weighted by Gasteiger charge is -1.99. The average Bonchev–Trinajstić information content (AvgIpc) is 2.55. The van der Waals surface area contributed by atoms with Crippen molar-refractivity contribution in [3.05, 3.63) is 46.2 Å². The number of H-pyrrole nitrogens is 1. The maximum atomic E-state index is 11.9. The number of para-hydroxylation sites is 1. The first kappa shape index (κ1) is 11.0. The smallest absolute Gasteiger partial charge is 0.282 e. The summed E-state index contributed by atoms with van der Waals surface area (Å²) in [5.74, 6) is 0.230. The van der Waals surface area contributed by atoms with E-state index < -0.39 is 0 Å². The van der Waals surface area contributed by atoms with E-state index in [-0.39, 0.29) is 21.1 Å². The Bertz CT molecular complexity index is 586. The van der Waals surface area contributed by atoms with Gasteiger partial charge < -0.3 is 5.73 Å². The number of thiol groups is 1. The molecule has 0 amide bonds. The standard InChI is InChI=1S/C10H9N3OS2/c11-8-7(10(15)16)9(14)13(12-8)6-4-2-1-3-5-6/h1-5,12H,11H2,(H,15,16). The first-order valence-corrected chi connectivity index (χ1v) is 5.36. The molecular weight excluding hydrogens is 242 g/mol. The van der Waals surface area contributed by atoms with Gasteiger partial charge in [-0.1, -0.05) is 30.4 Å². The highest BCUT2D eigenvalue weighted by Crippen LogP contribution is 2.11. The monoisotopic (exact) mass is 251 g/mol. The van der Waals surface area contributed by atoms with Crippen LogP contribution in [0.1, 0.15) is 5.56 Å². The van der Waals surface area contributed by atoms with E-state index in [0.29, 0.717) is 5.69 Å². The molecule has 1 aromatic carbocycles. The normalized spacial score (nSPS) is 10.3.